The minimum absolute atomic E-state index is 0.0575. The highest BCUT2D eigenvalue weighted by Crippen LogP contribution is 2.33. The Hall–Kier alpha value is -0.740. The second kappa shape index (κ2) is 4.66. The maximum atomic E-state index is 9.88. The Morgan fingerprint density at radius 2 is 1.79 bits per heavy atom. The molecule has 0 amide bonds. The Kier molecular flexibility index (Phi) is 3.77. The van der Waals surface area contributed by atoms with Gasteiger partial charge in [-0.05, 0) is 24.3 Å². The Balaban J connectivity index is 3.01. The van der Waals surface area contributed by atoms with Gasteiger partial charge in [-0.1, -0.05) is 10.9 Å². The van der Waals surface area contributed by atoms with Crippen molar-refractivity contribution in [3.05, 3.63) is 24.3 Å². The van der Waals surface area contributed by atoms with Crippen molar-refractivity contribution in [1.29, 1.82) is 0 Å². The first kappa shape index (κ1) is 11.3. The molecule has 0 fully saturated rings. The summed E-state index contributed by atoms with van der Waals surface area (Å²) in [7, 11) is 0.0575. The van der Waals surface area contributed by atoms with E-state index in [1.807, 2.05) is 0 Å². The lowest BCUT2D eigenvalue weighted by molar-refractivity contribution is 0.363. The van der Waals surface area contributed by atoms with Crippen LogP contribution in [0.4, 0.5) is 5.69 Å². The van der Waals surface area contributed by atoms with Gasteiger partial charge in [-0.25, -0.2) is 4.79 Å². The molecular weight excluding hydrogens is 225 g/mol. The number of rotatable bonds is 2. The molecule has 1 aromatic rings. The van der Waals surface area contributed by atoms with Crippen molar-refractivity contribution in [3.8, 4) is 0 Å². The van der Waals surface area contributed by atoms with E-state index >= 15 is 0 Å². The molecule has 0 radical (unpaired) electrons. The summed E-state index contributed by atoms with van der Waals surface area (Å²) in [5, 5.41) is 0. The highest BCUT2D eigenvalue weighted by molar-refractivity contribution is 8.16. The van der Waals surface area contributed by atoms with Gasteiger partial charge in [0.1, 0.15) is 0 Å². The molecular formula is C7H8NO4PS. The van der Waals surface area contributed by atoms with Gasteiger partial charge in [0.15, 0.2) is 0 Å². The van der Waals surface area contributed by atoms with Gasteiger partial charge in [0.05, 0.1) is 5.69 Å². The summed E-state index contributed by atoms with van der Waals surface area (Å²) in [6.45, 7) is -3.80. The van der Waals surface area contributed by atoms with Crippen LogP contribution in [0.2, 0.25) is 0 Å². The van der Waals surface area contributed by atoms with Gasteiger partial charge in [0.2, 0.25) is 6.08 Å². The van der Waals surface area contributed by atoms with Gasteiger partial charge in [-0.15, -0.1) is 0 Å². The van der Waals surface area contributed by atoms with Gasteiger partial charge >= 0.3 is 0 Å². The fourth-order valence-corrected chi connectivity index (χ4v) is 2.72. The summed E-state index contributed by atoms with van der Waals surface area (Å²) in [5.74, 6) is 0. The molecule has 1 aromatic carbocycles. The van der Waals surface area contributed by atoms with E-state index in [0.29, 0.717) is 10.6 Å². The molecule has 0 aliphatic carbocycles. The van der Waals surface area contributed by atoms with Crippen molar-refractivity contribution in [2.45, 2.75) is 4.90 Å². The van der Waals surface area contributed by atoms with Crippen molar-refractivity contribution in [2.75, 3.05) is 0 Å². The molecule has 0 unspecified atom stereocenters. The Bertz CT molecular complexity index is 410. The molecule has 0 bridgehead atoms. The van der Waals surface area contributed by atoms with Crippen LogP contribution < -0.4 is 0 Å². The fourth-order valence-electron chi connectivity index (χ4n) is 0.801. The minimum atomic E-state index is -3.80. The number of hydrogen-bond acceptors (Lipinski definition) is 2. The van der Waals surface area contributed by atoms with Crippen LogP contribution in [-0.2, 0) is 15.7 Å². The molecule has 0 atom stereocenters. The third-order valence-corrected chi connectivity index (χ3v) is 3.57. The van der Waals surface area contributed by atoms with Crippen LogP contribution in [0.1, 0.15) is 0 Å². The first-order chi connectivity index (χ1) is 6.51. The van der Waals surface area contributed by atoms with E-state index in [9.17, 15) is 4.79 Å². The standard InChI is InChI=1S/C7H8NO4PS/c9-5-8-6-1-3-7(4-2-6)14-13(10,11)12/h1-4,10-12,14H. The number of isocyanates is 1. The van der Waals surface area contributed by atoms with E-state index in [1.165, 1.54) is 30.3 Å². The van der Waals surface area contributed by atoms with Crippen LogP contribution in [0.15, 0.2) is 34.2 Å². The molecule has 0 saturated carbocycles. The lowest BCUT2D eigenvalue weighted by Crippen LogP contribution is -1.79. The first-order valence-electron chi connectivity index (χ1n) is 3.50. The molecule has 1 rings (SSSR count). The predicted molar refractivity (Wildman–Crippen MR) is 54.8 cm³/mol. The van der Waals surface area contributed by atoms with Crippen LogP contribution in [0.3, 0.4) is 0 Å². The summed E-state index contributed by atoms with van der Waals surface area (Å²) in [6.07, 6.45) is 1.38. The maximum Gasteiger partial charge on any atom is 0.278 e. The molecule has 3 N–H and O–H groups in total. The SMILES string of the molecule is O=C=Nc1ccc([SH]=P(O)(O)O)cc1. The quantitative estimate of drug-likeness (QED) is 0.259. The minimum Gasteiger partial charge on any atom is -0.328 e. The van der Waals surface area contributed by atoms with Crippen molar-refractivity contribution in [3.63, 3.8) is 0 Å². The van der Waals surface area contributed by atoms with Gasteiger partial charge < -0.3 is 14.7 Å². The number of thiol groups is 1. The number of nitrogens with zero attached hydrogens (tertiary/aromatic N) is 1. The van der Waals surface area contributed by atoms with Crippen molar-refractivity contribution in [2.24, 2.45) is 4.99 Å². The number of benzene rings is 1. The normalized spacial score (nSPS) is 10.8. The molecule has 0 aliphatic heterocycles. The van der Waals surface area contributed by atoms with E-state index in [0.717, 1.165) is 0 Å². The fraction of sp³-hybridized carbons (Fsp3) is 0. The van der Waals surface area contributed by atoms with E-state index in [-0.39, 0.29) is 10.9 Å². The molecule has 14 heavy (non-hydrogen) atoms. The number of hydrogen-bond donors (Lipinski definition) is 4. The average Bonchev–Trinajstić information content (AvgIpc) is 2.06. The molecule has 0 saturated heterocycles. The summed E-state index contributed by atoms with van der Waals surface area (Å²) in [4.78, 5) is 40.1. The second-order valence-electron chi connectivity index (χ2n) is 2.36. The zero-order chi connectivity index (χ0) is 10.6. The van der Waals surface area contributed by atoms with Crippen LogP contribution in [0, 0.1) is 0 Å². The van der Waals surface area contributed by atoms with E-state index < -0.39 is 6.72 Å². The number of aliphatic imine (C=N–C) groups is 1. The second-order valence-corrected chi connectivity index (χ2v) is 6.36. The van der Waals surface area contributed by atoms with Gasteiger partial charge in [-0.2, -0.15) is 4.99 Å². The van der Waals surface area contributed by atoms with Crippen molar-refractivity contribution >= 4 is 29.4 Å². The van der Waals surface area contributed by atoms with Crippen LogP contribution in [0.25, 0.3) is 0 Å². The molecule has 76 valence electrons. The third kappa shape index (κ3) is 3.98. The van der Waals surface area contributed by atoms with E-state index in [1.54, 1.807) is 0 Å². The lowest BCUT2D eigenvalue weighted by Gasteiger charge is -2.02. The molecule has 7 heteroatoms. The molecule has 0 heterocycles. The number of carbonyl (C=O) groups excluding carboxylic acids is 1. The highest BCUT2D eigenvalue weighted by atomic mass is 32.5. The predicted octanol–water partition coefficient (Wildman–Crippen LogP) is 0.482. The third-order valence-electron chi connectivity index (χ3n) is 1.27. The van der Waals surface area contributed by atoms with Gasteiger partial charge in [0, 0.05) is 4.90 Å². The largest absolute Gasteiger partial charge is 0.328 e. The van der Waals surface area contributed by atoms with Crippen LogP contribution >= 0.6 is 6.72 Å². The van der Waals surface area contributed by atoms with Gasteiger partial charge in [0.25, 0.3) is 6.72 Å². The van der Waals surface area contributed by atoms with Crippen molar-refractivity contribution in [1.82, 2.24) is 0 Å². The van der Waals surface area contributed by atoms with Gasteiger partial charge in [-0.3, -0.25) is 0 Å². The Morgan fingerprint density at radius 3 is 2.21 bits per heavy atom. The zero-order valence-corrected chi connectivity index (χ0v) is 8.69. The lowest BCUT2D eigenvalue weighted by atomic mass is 10.3. The summed E-state index contributed by atoms with van der Waals surface area (Å²) < 4.78 is 0. The average molecular weight is 233 g/mol. The molecule has 0 spiro atoms. The zero-order valence-electron chi connectivity index (χ0n) is 6.90. The molecule has 0 aliphatic rings. The van der Waals surface area contributed by atoms with Crippen LogP contribution in [0.5, 0.6) is 0 Å². The van der Waals surface area contributed by atoms with Crippen molar-refractivity contribution < 1.29 is 19.5 Å². The summed E-state index contributed by atoms with van der Waals surface area (Å²) in [5.41, 5.74) is 0.428. The summed E-state index contributed by atoms with van der Waals surface area (Å²) in [6, 6.07) is 6.11. The Labute approximate surface area is 83.6 Å². The topological polar surface area (TPSA) is 90.1 Å². The maximum absolute atomic E-state index is 9.88. The van der Waals surface area contributed by atoms with Crippen LogP contribution in [-0.4, -0.2) is 20.8 Å². The summed E-state index contributed by atoms with van der Waals surface area (Å²) >= 11 is 0. The van der Waals surface area contributed by atoms with E-state index in [2.05, 4.69) is 4.99 Å². The first-order valence-corrected chi connectivity index (χ1v) is 6.74. The molecule has 5 nitrogen and oxygen atoms in total. The highest BCUT2D eigenvalue weighted by Gasteiger charge is 2.01. The smallest absolute Gasteiger partial charge is 0.278 e. The molecule has 0 aromatic heterocycles. The Morgan fingerprint density at radius 1 is 1.21 bits per heavy atom. The van der Waals surface area contributed by atoms with E-state index in [4.69, 9.17) is 14.7 Å². The monoisotopic (exact) mass is 233 g/mol.